The number of hydrogen-bond acceptors (Lipinski definition) is 5. The summed E-state index contributed by atoms with van der Waals surface area (Å²) in [6, 6.07) is 12.4. The summed E-state index contributed by atoms with van der Waals surface area (Å²) in [5.41, 5.74) is -4.13. The van der Waals surface area contributed by atoms with Gasteiger partial charge in [-0.05, 0) is 12.1 Å². The molecule has 0 atom stereocenters. The lowest BCUT2D eigenvalue weighted by molar-refractivity contribution is -0.0429. The lowest BCUT2D eigenvalue weighted by Crippen LogP contribution is -2.29. The molecule has 3 rings (SSSR count). The van der Waals surface area contributed by atoms with Crippen molar-refractivity contribution in [1.29, 1.82) is 0 Å². The van der Waals surface area contributed by atoms with Gasteiger partial charge in [0, 0.05) is 16.8 Å². The van der Waals surface area contributed by atoms with Crippen LogP contribution in [0.25, 0.3) is 10.9 Å². The second kappa shape index (κ2) is 6.52. The van der Waals surface area contributed by atoms with Gasteiger partial charge in [-0.25, -0.2) is 4.98 Å². The van der Waals surface area contributed by atoms with Gasteiger partial charge in [-0.15, -0.1) is 11.3 Å². The van der Waals surface area contributed by atoms with E-state index in [1.54, 1.807) is 6.07 Å². The first kappa shape index (κ1) is 17.5. The predicted octanol–water partition coefficient (Wildman–Crippen LogP) is 4.14. The van der Waals surface area contributed by atoms with E-state index >= 15 is 0 Å². The number of fused-ring (bicyclic) bond motifs is 1. The van der Waals surface area contributed by atoms with Gasteiger partial charge >= 0.3 is 15.5 Å². The van der Waals surface area contributed by atoms with Crippen molar-refractivity contribution in [3.8, 4) is 5.06 Å². The SMILES string of the molecule is O=S(=O)(Nc1csc(OCc2ccc3ccccc3n2)c1)C(F)(F)F. The molecule has 0 aliphatic rings. The van der Waals surface area contributed by atoms with Crippen molar-refractivity contribution in [3.05, 3.63) is 53.5 Å². The molecule has 0 unspecified atom stereocenters. The molecule has 0 amide bonds. The number of para-hydroxylation sites is 1. The highest BCUT2D eigenvalue weighted by Gasteiger charge is 2.46. The van der Waals surface area contributed by atoms with Gasteiger partial charge in [-0.3, -0.25) is 4.72 Å². The molecule has 10 heteroatoms. The Kier molecular flexibility index (Phi) is 4.56. The van der Waals surface area contributed by atoms with Crippen molar-refractivity contribution in [2.45, 2.75) is 12.1 Å². The minimum atomic E-state index is -5.44. The zero-order valence-corrected chi connectivity index (χ0v) is 14.1. The molecule has 0 aliphatic heterocycles. The summed E-state index contributed by atoms with van der Waals surface area (Å²) in [5.74, 6) is 0. The maximum atomic E-state index is 12.3. The number of nitrogens with one attached hydrogen (secondary N) is 1. The minimum Gasteiger partial charge on any atom is -0.478 e. The lowest BCUT2D eigenvalue weighted by atomic mass is 10.2. The van der Waals surface area contributed by atoms with Gasteiger partial charge in [0.05, 0.1) is 16.9 Å². The number of rotatable bonds is 5. The van der Waals surface area contributed by atoms with Crippen LogP contribution in [0, 0.1) is 0 Å². The molecule has 0 saturated carbocycles. The molecular formula is C15H11F3N2O3S2. The smallest absolute Gasteiger partial charge is 0.478 e. The number of pyridine rings is 1. The molecule has 0 spiro atoms. The molecule has 5 nitrogen and oxygen atoms in total. The molecular weight excluding hydrogens is 377 g/mol. The quantitative estimate of drug-likeness (QED) is 0.713. The van der Waals surface area contributed by atoms with E-state index in [4.69, 9.17) is 4.74 Å². The molecule has 0 aliphatic carbocycles. The Morgan fingerprint density at radius 1 is 1.16 bits per heavy atom. The Balaban J connectivity index is 1.67. The second-order valence-corrected chi connectivity index (χ2v) is 7.54. The first-order chi connectivity index (χ1) is 11.7. The first-order valence-electron chi connectivity index (χ1n) is 6.90. The van der Waals surface area contributed by atoms with E-state index < -0.39 is 15.5 Å². The molecule has 1 N–H and O–H groups in total. The zero-order valence-electron chi connectivity index (χ0n) is 12.4. The third kappa shape index (κ3) is 4.02. The van der Waals surface area contributed by atoms with Crippen LogP contribution in [0.5, 0.6) is 5.06 Å². The first-order valence-corrected chi connectivity index (χ1v) is 9.26. The molecule has 2 heterocycles. The summed E-state index contributed by atoms with van der Waals surface area (Å²) in [5, 5.41) is 2.48. The van der Waals surface area contributed by atoms with Crippen LogP contribution in [0.1, 0.15) is 5.69 Å². The second-order valence-electron chi connectivity index (χ2n) is 4.99. The van der Waals surface area contributed by atoms with Crippen LogP contribution in [0.4, 0.5) is 18.9 Å². The highest BCUT2D eigenvalue weighted by Crippen LogP contribution is 2.31. The normalized spacial score (nSPS) is 12.3. The molecule has 0 bridgehead atoms. The topological polar surface area (TPSA) is 68.3 Å². The number of aromatic nitrogens is 1. The summed E-state index contributed by atoms with van der Waals surface area (Å²) >= 11 is 0.979. The fourth-order valence-corrected chi connectivity index (χ4v) is 3.30. The number of alkyl halides is 3. The van der Waals surface area contributed by atoms with Crippen molar-refractivity contribution < 1.29 is 26.3 Å². The highest BCUT2D eigenvalue weighted by molar-refractivity contribution is 7.93. The van der Waals surface area contributed by atoms with Crippen LogP contribution < -0.4 is 9.46 Å². The minimum absolute atomic E-state index is 0.108. The van der Waals surface area contributed by atoms with Crippen molar-refractivity contribution in [2.24, 2.45) is 0 Å². The van der Waals surface area contributed by atoms with Crippen LogP contribution in [-0.2, 0) is 16.6 Å². The van der Waals surface area contributed by atoms with E-state index in [9.17, 15) is 21.6 Å². The highest BCUT2D eigenvalue weighted by atomic mass is 32.2. The van der Waals surface area contributed by atoms with Gasteiger partial charge < -0.3 is 4.74 Å². The largest absolute Gasteiger partial charge is 0.516 e. The number of sulfonamides is 1. The van der Waals surface area contributed by atoms with Gasteiger partial charge in [-0.2, -0.15) is 21.6 Å². The third-order valence-corrected chi connectivity index (χ3v) is 5.10. The Morgan fingerprint density at radius 3 is 2.68 bits per heavy atom. The van der Waals surface area contributed by atoms with E-state index in [1.165, 1.54) is 16.2 Å². The van der Waals surface area contributed by atoms with Crippen LogP contribution in [-0.4, -0.2) is 18.9 Å². The Morgan fingerprint density at radius 2 is 1.92 bits per heavy atom. The zero-order chi connectivity index (χ0) is 18.1. The van der Waals surface area contributed by atoms with Gasteiger partial charge in [0.15, 0.2) is 5.06 Å². The average Bonchev–Trinajstić information content (AvgIpc) is 2.98. The number of anilines is 1. The molecule has 0 radical (unpaired) electrons. The fourth-order valence-electron chi connectivity index (χ4n) is 1.99. The fraction of sp³-hybridized carbons (Fsp3) is 0.133. The number of halogens is 3. The third-order valence-electron chi connectivity index (χ3n) is 3.15. The van der Waals surface area contributed by atoms with E-state index in [-0.39, 0.29) is 17.4 Å². The maximum Gasteiger partial charge on any atom is 0.516 e. The summed E-state index contributed by atoms with van der Waals surface area (Å²) < 4.78 is 66.0. The van der Waals surface area contributed by atoms with Gasteiger partial charge in [0.2, 0.25) is 0 Å². The monoisotopic (exact) mass is 388 g/mol. The van der Waals surface area contributed by atoms with E-state index in [0.717, 1.165) is 22.2 Å². The Bertz CT molecular complexity index is 1000. The van der Waals surface area contributed by atoms with Crippen LogP contribution in [0.15, 0.2) is 47.8 Å². The summed E-state index contributed by atoms with van der Waals surface area (Å²) in [4.78, 5) is 4.41. The number of hydrogen-bond donors (Lipinski definition) is 1. The standard InChI is InChI=1S/C15H11F3N2O3S2/c16-15(17,18)25(21,22)20-12-7-14(24-9-12)23-8-11-6-5-10-3-1-2-4-13(10)19-11/h1-7,9,20H,8H2. The lowest BCUT2D eigenvalue weighted by Gasteiger charge is -2.08. The molecule has 1 aromatic carbocycles. The summed E-state index contributed by atoms with van der Waals surface area (Å²) in [6.45, 7) is 0.108. The Hall–Kier alpha value is -2.33. The molecule has 2 aromatic heterocycles. The predicted molar refractivity (Wildman–Crippen MR) is 89.0 cm³/mol. The van der Waals surface area contributed by atoms with Gasteiger partial charge in [-0.1, -0.05) is 24.3 Å². The summed E-state index contributed by atoms with van der Waals surface area (Å²) in [6.07, 6.45) is 0. The number of benzene rings is 1. The van der Waals surface area contributed by atoms with Crippen molar-refractivity contribution >= 4 is 38.0 Å². The van der Waals surface area contributed by atoms with Gasteiger partial charge in [0.1, 0.15) is 6.61 Å². The number of ether oxygens (including phenoxy) is 1. The van der Waals surface area contributed by atoms with Gasteiger partial charge in [0.25, 0.3) is 0 Å². The van der Waals surface area contributed by atoms with Crippen molar-refractivity contribution in [3.63, 3.8) is 0 Å². The maximum absolute atomic E-state index is 12.3. The molecule has 3 aromatic rings. The van der Waals surface area contributed by atoms with E-state index in [1.807, 2.05) is 30.3 Å². The number of nitrogens with zero attached hydrogens (tertiary/aromatic N) is 1. The molecule has 132 valence electrons. The summed E-state index contributed by atoms with van der Waals surface area (Å²) in [7, 11) is -5.44. The van der Waals surface area contributed by atoms with Crippen molar-refractivity contribution in [2.75, 3.05) is 4.72 Å². The van der Waals surface area contributed by atoms with E-state index in [0.29, 0.717) is 5.69 Å². The average molecular weight is 388 g/mol. The molecule has 25 heavy (non-hydrogen) atoms. The van der Waals surface area contributed by atoms with Crippen LogP contribution in [0.3, 0.4) is 0 Å². The van der Waals surface area contributed by atoms with E-state index in [2.05, 4.69) is 4.98 Å². The van der Waals surface area contributed by atoms with Crippen LogP contribution >= 0.6 is 11.3 Å². The van der Waals surface area contributed by atoms with Crippen LogP contribution in [0.2, 0.25) is 0 Å². The molecule has 0 fully saturated rings. The van der Waals surface area contributed by atoms with Crippen molar-refractivity contribution in [1.82, 2.24) is 4.98 Å². The number of thiophene rings is 1. The Labute approximate surface area is 145 Å². The molecule has 0 saturated heterocycles.